The Morgan fingerprint density at radius 1 is 1.12 bits per heavy atom. The molecule has 0 fully saturated rings. The molecule has 2 aromatic carbocycles. The molecule has 0 aliphatic heterocycles. The third-order valence-corrected chi connectivity index (χ3v) is 4.71. The normalized spacial score (nSPS) is 10.8. The number of carbonyl (C=O) groups excluding carboxylic acids is 1. The number of fused-ring (bicyclic) bond motifs is 1. The number of carbonyl (C=O) groups is 1. The van der Waals surface area contributed by atoms with Gasteiger partial charge in [0.25, 0.3) is 5.22 Å². The van der Waals surface area contributed by atoms with Crippen molar-refractivity contribution in [1.82, 2.24) is 4.98 Å². The molecule has 3 aromatic rings. The molecular weight excluding hydrogens is 378 g/mol. The zero-order valence-electron chi connectivity index (χ0n) is 14.4. The number of Topliss-reactive ketones (excluding diaryl/α,β-unsaturated/α-hetero) is 1. The predicted octanol–water partition coefficient (Wildman–Crippen LogP) is 4.48. The Labute approximate surface area is 159 Å². The summed E-state index contributed by atoms with van der Waals surface area (Å²) >= 11 is 7.15. The molecule has 0 radical (unpaired) electrons. The van der Waals surface area contributed by atoms with Crippen molar-refractivity contribution in [3.8, 4) is 17.2 Å². The SMILES string of the molecule is COc1cc(C(=O)CSc2nc3cc(Cl)ccc3o2)cc(OC)c1OC. The van der Waals surface area contributed by atoms with Gasteiger partial charge in [-0.05, 0) is 30.3 Å². The second kappa shape index (κ2) is 7.88. The summed E-state index contributed by atoms with van der Waals surface area (Å²) in [6.45, 7) is 0. The molecule has 0 aliphatic carbocycles. The lowest BCUT2D eigenvalue weighted by atomic mass is 10.1. The summed E-state index contributed by atoms with van der Waals surface area (Å²) in [5.74, 6) is 1.33. The highest BCUT2D eigenvalue weighted by molar-refractivity contribution is 7.99. The summed E-state index contributed by atoms with van der Waals surface area (Å²) < 4.78 is 21.4. The van der Waals surface area contributed by atoms with Gasteiger partial charge in [0.05, 0.1) is 27.1 Å². The number of benzene rings is 2. The number of ether oxygens (including phenoxy) is 3. The van der Waals surface area contributed by atoms with Crippen molar-refractivity contribution in [2.24, 2.45) is 0 Å². The van der Waals surface area contributed by atoms with Crippen LogP contribution in [0, 0.1) is 0 Å². The van der Waals surface area contributed by atoms with Crippen molar-refractivity contribution in [2.45, 2.75) is 5.22 Å². The first kappa shape index (κ1) is 18.4. The zero-order valence-corrected chi connectivity index (χ0v) is 15.9. The Morgan fingerprint density at radius 2 is 1.81 bits per heavy atom. The lowest BCUT2D eigenvalue weighted by molar-refractivity contribution is 0.102. The maximum Gasteiger partial charge on any atom is 0.257 e. The maximum absolute atomic E-state index is 12.6. The van der Waals surface area contributed by atoms with Crippen LogP contribution < -0.4 is 14.2 Å². The van der Waals surface area contributed by atoms with Crippen molar-refractivity contribution in [3.63, 3.8) is 0 Å². The van der Waals surface area contributed by atoms with Gasteiger partial charge in [-0.3, -0.25) is 4.79 Å². The van der Waals surface area contributed by atoms with Crippen LogP contribution in [0.2, 0.25) is 5.02 Å². The van der Waals surface area contributed by atoms with Gasteiger partial charge in [-0.25, -0.2) is 4.98 Å². The minimum absolute atomic E-state index is 0.116. The summed E-state index contributed by atoms with van der Waals surface area (Å²) in [6, 6.07) is 8.43. The average molecular weight is 394 g/mol. The van der Waals surface area contributed by atoms with Gasteiger partial charge in [-0.2, -0.15) is 0 Å². The van der Waals surface area contributed by atoms with Crippen LogP contribution >= 0.6 is 23.4 Å². The lowest BCUT2D eigenvalue weighted by Crippen LogP contribution is -2.05. The van der Waals surface area contributed by atoms with Crippen molar-refractivity contribution >= 4 is 40.2 Å². The predicted molar refractivity (Wildman–Crippen MR) is 100 cm³/mol. The summed E-state index contributed by atoms with van der Waals surface area (Å²) in [4.78, 5) is 16.9. The number of rotatable bonds is 7. The van der Waals surface area contributed by atoms with Crippen molar-refractivity contribution < 1.29 is 23.4 Å². The van der Waals surface area contributed by atoms with E-state index in [1.807, 2.05) is 0 Å². The van der Waals surface area contributed by atoms with Crippen LogP contribution in [-0.4, -0.2) is 37.8 Å². The number of nitrogens with zero attached hydrogens (tertiary/aromatic N) is 1. The van der Waals surface area contributed by atoms with Crippen LogP contribution in [0.1, 0.15) is 10.4 Å². The van der Waals surface area contributed by atoms with Crippen LogP contribution in [0.3, 0.4) is 0 Å². The van der Waals surface area contributed by atoms with E-state index in [-0.39, 0.29) is 11.5 Å². The van der Waals surface area contributed by atoms with Gasteiger partial charge in [0, 0.05) is 10.6 Å². The van der Waals surface area contributed by atoms with Gasteiger partial charge in [0.1, 0.15) is 5.52 Å². The van der Waals surface area contributed by atoms with E-state index in [4.69, 9.17) is 30.2 Å². The van der Waals surface area contributed by atoms with E-state index in [9.17, 15) is 4.79 Å². The minimum Gasteiger partial charge on any atom is -0.493 e. The molecule has 0 saturated heterocycles. The Kier molecular flexibility index (Phi) is 5.58. The van der Waals surface area contributed by atoms with Crippen LogP contribution in [-0.2, 0) is 0 Å². The van der Waals surface area contributed by atoms with E-state index in [1.165, 1.54) is 33.1 Å². The Balaban J connectivity index is 1.78. The summed E-state index contributed by atoms with van der Waals surface area (Å²) in [6.07, 6.45) is 0. The van der Waals surface area contributed by atoms with E-state index in [0.717, 1.165) is 0 Å². The third kappa shape index (κ3) is 3.73. The summed E-state index contributed by atoms with van der Waals surface area (Å²) in [5.41, 5.74) is 1.73. The zero-order chi connectivity index (χ0) is 18.7. The number of hydrogen-bond acceptors (Lipinski definition) is 7. The summed E-state index contributed by atoms with van der Waals surface area (Å²) in [7, 11) is 4.52. The fourth-order valence-electron chi connectivity index (χ4n) is 2.39. The molecule has 1 aromatic heterocycles. The molecule has 136 valence electrons. The van der Waals surface area contributed by atoms with Crippen LogP contribution in [0.5, 0.6) is 17.2 Å². The van der Waals surface area contributed by atoms with Gasteiger partial charge in [0.2, 0.25) is 5.75 Å². The number of oxazole rings is 1. The molecule has 3 rings (SSSR count). The highest BCUT2D eigenvalue weighted by Gasteiger charge is 2.18. The molecule has 0 atom stereocenters. The van der Waals surface area contributed by atoms with E-state index in [2.05, 4.69) is 4.98 Å². The fourth-order valence-corrected chi connectivity index (χ4v) is 3.29. The number of ketones is 1. The molecular formula is C18H16ClNO5S. The van der Waals surface area contributed by atoms with Crippen LogP contribution in [0.15, 0.2) is 40.0 Å². The van der Waals surface area contributed by atoms with Crippen molar-refractivity contribution in [1.29, 1.82) is 0 Å². The second-order valence-corrected chi connectivity index (χ2v) is 6.58. The van der Waals surface area contributed by atoms with Gasteiger partial charge in [0.15, 0.2) is 22.9 Å². The molecule has 6 nitrogen and oxygen atoms in total. The molecule has 0 saturated carbocycles. The topological polar surface area (TPSA) is 70.8 Å². The Morgan fingerprint density at radius 3 is 2.42 bits per heavy atom. The number of hydrogen-bond donors (Lipinski definition) is 0. The monoisotopic (exact) mass is 393 g/mol. The first-order valence-corrected chi connectivity index (χ1v) is 8.94. The standard InChI is InChI=1S/C18H16ClNO5S/c1-22-15-6-10(7-16(23-2)17(15)24-3)13(21)9-26-18-20-12-8-11(19)4-5-14(12)25-18/h4-8H,9H2,1-3H3. The second-order valence-electron chi connectivity index (χ2n) is 5.22. The van der Waals surface area contributed by atoms with Gasteiger partial charge < -0.3 is 18.6 Å². The summed E-state index contributed by atoms with van der Waals surface area (Å²) in [5, 5.41) is 0.985. The van der Waals surface area contributed by atoms with Crippen LogP contribution in [0.4, 0.5) is 0 Å². The van der Waals surface area contributed by atoms with Crippen LogP contribution in [0.25, 0.3) is 11.1 Å². The van der Waals surface area contributed by atoms with Crippen molar-refractivity contribution in [2.75, 3.05) is 27.1 Å². The van der Waals surface area contributed by atoms with E-state index < -0.39 is 0 Å². The lowest BCUT2D eigenvalue weighted by Gasteiger charge is -2.13. The van der Waals surface area contributed by atoms with Gasteiger partial charge >= 0.3 is 0 Å². The third-order valence-electron chi connectivity index (χ3n) is 3.64. The number of halogens is 1. The molecule has 0 aliphatic rings. The molecule has 0 amide bonds. The Hall–Kier alpha value is -2.38. The maximum atomic E-state index is 12.6. The first-order chi connectivity index (χ1) is 12.5. The molecule has 26 heavy (non-hydrogen) atoms. The van der Waals surface area contributed by atoms with E-state index in [1.54, 1.807) is 30.3 Å². The minimum atomic E-state index is -0.116. The molecule has 0 bridgehead atoms. The largest absolute Gasteiger partial charge is 0.493 e. The van der Waals surface area contributed by atoms with E-state index in [0.29, 0.717) is 44.2 Å². The molecule has 8 heteroatoms. The molecule has 0 spiro atoms. The number of methoxy groups -OCH3 is 3. The quantitative estimate of drug-likeness (QED) is 0.432. The first-order valence-electron chi connectivity index (χ1n) is 7.57. The molecule has 1 heterocycles. The highest BCUT2D eigenvalue weighted by Crippen LogP contribution is 2.38. The fraction of sp³-hybridized carbons (Fsp3) is 0.222. The molecule has 0 unspecified atom stereocenters. The van der Waals surface area contributed by atoms with Crippen molar-refractivity contribution in [3.05, 3.63) is 40.9 Å². The average Bonchev–Trinajstić information content (AvgIpc) is 3.06. The highest BCUT2D eigenvalue weighted by atomic mass is 35.5. The van der Waals surface area contributed by atoms with E-state index >= 15 is 0 Å². The van der Waals surface area contributed by atoms with Gasteiger partial charge in [-0.15, -0.1) is 0 Å². The number of thioether (sulfide) groups is 1. The van der Waals surface area contributed by atoms with Gasteiger partial charge in [-0.1, -0.05) is 23.4 Å². The molecule has 0 N–H and O–H groups in total. The number of aromatic nitrogens is 1. The Bertz CT molecular complexity index is 931. The smallest absolute Gasteiger partial charge is 0.257 e.